The number of amides is 5. The Morgan fingerprint density at radius 3 is 0.871 bits per heavy atom. The molecule has 0 aromatic heterocycles. The maximum atomic E-state index is 12.9. The minimum Gasteiger partial charge on any atom is -0.394 e. The lowest BCUT2D eigenvalue weighted by Gasteiger charge is -2.52. The van der Waals surface area contributed by atoms with Crippen LogP contribution in [0, 0.1) is 0 Å². The first-order valence-electron chi connectivity index (χ1n) is 29.6. The quantitative estimate of drug-likeness (QED) is 0.0427. The highest BCUT2D eigenvalue weighted by Crippen LogP contribution is 2.39. The van der Waals surface area contributed by atoms with Crippen LogP contribution in [0.25, 0.3) is 0 Å². The second-order valence-corrected chi connectivity index (χ2v) is 23.2. The lowest BCUT2D eigenvalue weighted by molar-refractivity contribution is -0.404. The van der Waals surface area contributed by atoms with Crippen molar-refractivity contribution in [3.05, 3.63) is 0 Å². The van der Waals surface area contributed by atoms with E-state index in [1.807, 2.05) is 0 Å². The molecule has 23 N–H and O–H groups in total. The van der Waals surface area contributed by atoms with Crippen LogP contribution in [-0.2, 0) is 85.6 Å². The summed E-state index contributed by atoms with van der Waals surface area (Å²) in [7, 11) is 0. The van der Waals surface area contributed by atoms with Crippen molar-refractivity contribution in [2.75, 3.05) is 46.2 Å². The van der Waals surface area contributed by atoms with Crippen LogP contribution < -0.4 is 26.6 Å². The van der Waals surface area contributed by atoms with E-state index in [2.05, 4.69) is 26.6 Å². The van der Waals surface area contributed by atoms with Crippen LogP contribution in [-0.4, -0.2) is 382 Å². The van der Waals surface area contributed by atoms with Gasteiger partial charge in [-0.25, -0.2) is 0 Å². The summed E-state index contributed by atoms with van der Waals surface area (Å²) >= 11 is 0. The maximum absolute atomic E-state index is 12.9. The number of aliphatic hydroxyl groups excluding tert-OH is 18. The summed E-state index contributed by atoms with van der Waals surface area (Å²) in [5.41, 5.74) is 0. The lowest BCUT2D eigenvalue weighted by Crippen LogP contribution is -2.71. The minimum atomic E-state index is -2.48. The van der Waals surface area contributed by atoms with E-state index in [4.69, 9.17) is 61.6 Å². The zero-order valence-corrected chi connectivity index (χ0v) is 50.6. The Morgan fingerprint density at radius 1 is 0.258 bits per heavy atom. The van der Waals surface area contributed by atoms with E-state index in [0.717, 1.165) is 34.6 Å². The molecular formula is C52H87N5O36. The lowest BCUT2D eigenvalue weighted by atomic mass is 9.93. The van der Waals surface area contributed by atoms with Gasteiger partial charge in [0.05, 0.1) is 46.2 Å². The predicted octanol–water partition coefficient (Wildman–Crippen LogP) is -15.6. The molecule has 0 spiro atoms. The smallest absolute Gasteiger partial charge is 0.217 e. The van der Waals surface area contributed by atoms with Gasteiger partial charge in [-0.05, 0) is 0 Å². The third kappa shape index (κ3) is 17.3. The molecule has 7 heterocycles. The fraction of sp³-hybridized carbons (Fsp3) is 0.904. The van der Waals surface area contributed by atoms with Gasteiger partial charge < -0.3 is 180 Å². The summed E-state index contributed by atoms with van der Waals surface area (Å²) in [5.74, 6) is -4.18. The fourth-order valence-electron chi connectivity index (χ4n) is 12.0. The molecule has 0 radical (unpaired) electrons. The summed E-state index contributed by atoms with van der Waals surface area (Å²) in [5, 5.41) is 211. The van der Waals surface area contributed by atoms with Crippen LogP contribution in [0.5, 0.6) is 0 Å². The predicted molar refractivity (Wildman–Crippen MR) is 290 cm³/mol. The first-order chi connectivity index (χ1) is 44.0. The SMILES string of the molecule is CC(=O)N[C@H]1[C@H](O[C@H]2[C@H](O)[C@@H](NC(C)=O)C(O)O[C@@H]2CO)O[C@H](CO)[C@@H](O[C@@H]2O[C@H](CO)[C@@H](O[C@@H]3O[C@H](CO)[C@@H](O)[C@H](O)[C@H]3NC(C)=O)[C@H](O[C@H]3O[C@H](CO)[C@@H](O)[C@H](O)[C@@H]3O[C@@H]3O[C@H](CO)[C@@H](O[C@@H]4O[C@H](CO)[C@H](O)[C@H](O)[C@H]4NC(C)=O)[C@H](O)[C@H]3NC(C)=O)[C@@H]2O)[C@@H]1O. The van der Waals surface area contributed by atoms with Gasteiger partial charge in [-0.2, -0.15) is 0 Å². The van der Waals surface area contributed by atoms with E-state index >= 15 is 0 Å². The topological polar surface area (TPSA) is 630 Å². The zero-order valence-electron chi connectivity index (χ0n) is 50.6. The van der Waals surface area contributed by atoms with E-state index in [-0.39, 0.29) is 0 Å². The number of aliphatic hydroxyl groups is 18. The van der Waals surface area contributed by atoms with Crippen LogP contribution >= 0.6 is 0 Å². The number of carbonyl (C=O) groups is 5. The van der Waals surface area contributed by atoms with Crippen molar-refractivity contribution in [1.29, 1.82) is 0 Å². The molecule has 7 fully saturated rings. The van der Waals surface area contributed by atoms with Gasteiger partial charge in [-0.1, -0.05) is 0 Å². The van der Waals surface area contributed by atoms with Gasteiger partial charge in [-0.3, -0.25) is 24.0 Å². The van der Waals surface area contributed by atoms with Gasteiger partial charge >= 0.3 is 0 Å². The highest BCUT2D eigenvalue weighted by atomic mass is 16.8. The molecule has 0 bridgehead atoms. The van der Waals surface area contributed by atoms with Crippen molar-refractivity contribution in [3.63, 3.8) is 0 Å². The molecule has 41 heteroatoms. The van der Waals surface area contributed by atoms with Crippen molar-refractivity contribution < 1.29 is 177 Å². The Labute approximate surface area is 528 Å². The second-order valence-electron chi connectivity index (χ2n) is 23.2. The Kier molecular flexibility index (Phi) is 27.6. The van der Waals surface area contributed by atoms with Crippen LogP contribution in [0.15, 0.2) is 0 Å². The summed E-state index contributed by atoms with van der Waals surface area (Å²) in [4.78, 5) is 62.6. The van der Waals surface area contributed by atoms with Crippen molar-refractivity contribution in [2.45, 2.75) is 249 Å². The van der Waals surface area contributed by atoms with Crippen LogP contribution in [0.4, 0.5) is 0 Å². The molecule has 0 saturated carbocycles. The standard InChI is InChI=1S/C52H87N5O36/c1-13(65)53-25-35(75)40(21(9-61)81-46(25)80)88-49-28(56-16(4)68)37(77)42(23(11-63)85-49)90-51-39(79)44(43(24(12-64)87-51)91-48-27(55-15(3)67)34(74)31(71)19(7-59)83-48)92-52-45(38(78)32(72)20(8-60)84-52)93-50-29(57-17(5)69)36(76)41(22(10-62)86-50)89-47-26(54-14(2)66)33(73)30(70)18(6-58)82-47/h18-52,58-64,70-80H,6-12H2,1-5H3,(H,53,65)(H,54,66)(H,55,67)(H,56,68)(H,57,69)/t18-,19-,20-,21-,22-,23-,24-,25-,26-,27-,28-,29-,30+,31-,32-,33-,34-,35-,36-,37-,38+,39+,40-,41-,42-,43-,44-,45+,46?,47+,48+,49+,50+,51+,52-/m1/s1. The van der Waals surface area contributed by atoms with Gasteiger partial charge in [0.25, 0.3) is 0 Å². The number of carbonyl (C=O) groups excluding carboxylic acids is 5. The average Bonchev–Trinajstić information content (AvgIpc) is 0.962. The van der Waals surface area contributed by atoms with Crippen molar-refractivity contribution in [1.82, 2.24) is 26.6 Å². The Balaban J connectivity index is 1.25. The average molecular weight is 1360 g/mol. The molecule has 536 valence electrons. The molecule has 5 amide bonds. The fourth-order valence-corrected chi connectivity index (χ4v) is 12.0. The summed E-state index contributed by atoms with van der Waals surface area (Å²) in [6.45, 7) is -2.39. The molecule has 7 aliphatic heterocycles. The largest absolute Gasteiger partial charge is 0.394 e. The van der Waals surface area contributed by atoms with Crippen LogP contribution in [0.1, 0.15) is 34.6 Å². The summed E-state index contributed by atoms with van der Waals surface area (Å²) in [6.07, 6.45) is -59.9. The second kappa shape index (κ2) is 33.6. The van der Waals surface area contributed by atoms with Crippen LogP contribution in [0.2, 0.25) is 0 Å². The van der Waals surface area contributed by atoms with E-state index in [0.29, 0.717) is 0 Å². The van der Waals surface area contributed by atoms with Gasteiger partial charge in [0.15, 0.2) is 44.0 Å². The minimum absolute atomic E-state index is 0.747. The Bertz CT molecular complexity index is 2440. The van der Waals surface area contributed by atoms with E-state index in [9.17, 15) is 116 Å². The van der Waals surface area contributed by atoms with Gasteiger partial charge in [0.1, 0.15) is 171 Å². The van der Waals surface area contributed by atoms with E-state index in [1.165, 1.54) is 0 Å². The zero-order chi connectivity index (χ0) is 68.8. The number of hydrogen-bond donors (Lipinski definition) is 23. The molecule has 1 unspecified atom stereocenters. The van der Waals surface area contributed by atoms with Crippen molar-refractivity contribution in [3.8, 4) is 0 Å². The molecule has 7 saturated heterocycles. The van der Waals surface area contributed by atoms with Crippen LogP contribution in [0.3, 0.4) is 0 Å². The third-order valence-electron chi connectivity index (χ3n) is 16.6. The maximum Gasteiger partial charge on any atom is 0.217 e. The molecular weight excluding hydrogens is 1270 g/mol. The number of hydrogen-bond acceptors (Lipinski definition) is 36. The summed E-state index contributed by atoms with van der Waals surface area (Å²) < 4.78 is 77.9. The molecule has 93 heavy (non-hydrogen) atoms. The highest BCUT2D eigenvalue weighted by molar-refractivity contribution is 5.75. The highest BCUT2D eigenvalue weighted by Gasteiger charge is 2.60. The molecule has 35 atom stereocenters. The van der Waals surface area contributed by atoms with E-state index < -0.39 is 290 Å². The molecule has 41 nitrogen and oxygen atoms in total. The van der Waals surface area contributed by atoms with Gasteiger partial charge in [0.2, 0.25) is 29.5 Å². The van der Waals surface area contributed by atoms with Crippen molar-refractivity contribution in [2.24, 2.45) is 0 Å². The normalized spacial score (nSPS) is 46.4. The third-order valence-corrected chi connectivity index (χ3v) is 16.6. The first-order valence-corrected chi connectivity index (χ1v) is 29.6. The first kappa shape index (κ1) is 76.5. The molecule has 0 aromatic rings. The summed E-state index contributed by atoms with van der Waals surface area (Å²) in [6, 6.07) is -8.72. The molecule has 0 aromatic carbocycles. The number of nitrogens with one attached hydrogen (secondary N) is 5. The van der Waals surface area contributed by atoms with Crippen molar-refractivity contribution >= 4 is 29.5 Å². The Morgan fingerprint density at radius 2 is 0.505 bits per heavy atom. The Hall–Kier alpha value is -3.89. The molecule has 7 aliphatic rings. The van der Waals surface area contributed by atoms with Gasteiger partial charge in [-0.15, -0.1) is 0 Å². The number of ether oxygens (including phenoxy) is 13. The monoisotopic (exact) mass is 1360 g/mol. The molecule has 0 aliphatic carbocycles. The van der Waals surface area contributed by atoms with E-state index in [1.54, 1.807) is 0 Å². The number of rotatable bonds is 24. The van der Waals surface area contributed by atoms with Gasteiger partial charge in [0, 0.05) is 34.6 Å². The molecule has 7 rings (SSSR count).